The third kappa shape index (κ3) is 3.37. The van der Waals surface area contributed by atoms with Crippen molar-refractivity contribution in [1.82, 2.24) is 9.80 Å². The predicted molar refractivity (Wildman–Crippen MR) is 107 cm³/mol. The van der Waals surface area contributed by atoms with Crippen LogP contribution in [0.15, 0.2) is 18.2 Å². The first-order chi connectivity index (χ1) is 13.6. The SMILES string of the molecule is COc1ccc(C(=O)N2CCC3(CC2)CN(C2CCC2)CC3CO)c(OC)c1. The number of rotatable bonds is 5. The highest BCUT2D eigenvalue weighted by atomic mass is 16.5. The van der Waals surface area contributed by atoms with Crippen molar-refractivity contribution in [1.29, 1.82) is 0 Å². The van der Waals surface area contributed by atoms with E-state index in [1.165, 1.54) is 19.3 Å². The molecule has 0 radical (unpaired) electrons. The number of aliphatic hydroxyl groups excluding tert-OH is 1. The zero-order valence-electron chi connectivity index (χ0n) is 17.0. The molecule has 1 unspecified atom stereocenters. The molecular weight excluding hydrogens is 356 g/mol. The minimum Gasteiger partial charge on any atom is -0.497 e. The molecule has 1 aromatic carbocycles. The van der Waals surface area contributed by atoms with Crippen LogP contribution in [0.4, 0.5) is 0 Å². The van der Waals surface area contributed by atoms with Crippen LogP contribution in [0.25, 0.3) is 0 Å². The van der Waals surface area contributed by atoms with Gasteiger partial charge in [-0.15, -0.1) is 0 Å². The lowest BCUT2D eigenvalue weighted by Gasteiger charge is -2.43. The molecule has 6 heteroatoms. The zero-order valence-corrected chi connectivity index (χ0v) is 17.0. The number of ether oxygens (including phenoxy) is 2. The Bertz CT molecular complexity index is 710. The number of likely N-dealkylation sites (tertiary alicyclic amines) is 2. The second kappa shape index (κ2) is 7.91. The summed E-state index contributed by atoms with van der Waals surface area (Å²) in [6, 6.07) is 6.07. The summed E-state index contributed by atoms with van der Waals surface area (Å²) in [6.45, 7) is 3.83. The average molecular weight is 389 g/mol. The minimum atomic E-state index is 0.0174. The summed E-state index contributed by atoms with van der Waals surface area (Å²) in [4.78, 5) is 17.7. The molecule has 1 aromatic rings. The van der Waals surface area contributed by atoms with Gasteiger partial charge in [-0.1, -0.05) is 6.42 Å². The van der Waals surface area contributed by atoms with E-state index in [0.717, 1.165) is 45.1 Å². The molecule has 28 heavy (non-hydrogen) atoms. The lowest BCUT2D eigenvalue weighted by atomic mass is 9.71. The quantitative estimate of drug-likeness (QED) is 0.839. The van der Waals surface area contributed by atoms with Crippen LogP contribution >= 0.6 is 0 Å². The van der Waals surface area contributed by atoms with Crippen LogP contribution in [0.2, 0.25) is 0 Å². The van der Waals surface area contributed by atoms with Gasteiger partial charge in [0, 0.05) is 50.8 Å². The predicted octanol–water partition coefficient (Wildman–Crippen LogP) is 2.40. The first kappa shape index (κ1) is 19.5. The van der Waals surface area contributed by atoms with E-state index in [2.05, 4.69) is 4.90 Å². The van der Waals surface area contributed by atoms with Crippen LogP contribution in [0, 0.1) is 11.3 Å². The van der Waals surface area contributed by atoms with E-state index in [9.17, 15) is 9.90 Å². The molecule has 3 aliphatic rings. The monoisotopic (exact) mass is 388 g/mol. The number of carbonyl (C=O) groups is 1. The normalized spacial score (nSPS) is 25.0. The maximum Gasteiger partial charge on any atom is 0.257 e. The number of piperidine rings is 1. The van der Waals surface area contributed by atoms with Gasteiger partial charge in [0.15, 0.2) is 0 Å². The molecule has 1 N–H and O–H groups in total. The number of methoxy groups -OCH3 is 2. The summed E-state index contributed by atoms with van der Waals surface area (Å²) >= 11 is 0. The molecule has 1 spiro atoms. The molecular formula is C22H32N2O4. The maximum absolute atomic E-state index is 13.1. The first-order valence-corrected chi connectivity index (χ1v) is 10.5. The number of carbonyl (C=O) groups excluding carboxylic acids is 1. The van der Waals surface area contributed by atoms with Gasteiger partial charge in [0.1, 0.15) is 11.5 Å². The Morgan fingerprint density at radius 1 is 1.21 bits per heavy atom. The molecule has 0 aromatic heterocycles. The lowest BCUT2D eigenvalue weighted by molar-refractivity contribution is 0.0383. The van der Waals surface area contributed by atoms with Gasteiger partial charge in [-0.3, -0.25) is 9.69 Å². The molecule has 1 amide bonds. The van der Waals surface area contributed by atoms with Gasteiger partial charge in [0.05, 0.1) is 19.8 Å². The Balaban J connectivity index is 1.44. The molecule has 2 aliphatic heterocycles. The van der Waals surface area contributed by atoms with Crippen molar-refractivity contribution in [3.05, 3.63) is 23.8 Å². The summed E-state index contributed by atoms with van der Waals surface area (Å²) in [7, 11) is 3.18. The Morgan fingerprint density at radius 3 is 2.54 bits per heavy atom. The van der Waals surface area contributed by atoms with Gasteiger partial charge >= 0.3 is 0 Å². The fourth-order valence-corrected chi connectivity index (χ4v) is 5.22. The van der Waals surface area contributed by atoms with E-state index in [1.807, 2.05) is 4.90 Å². The van der Waals surface area contributed by atoms with E-state index in [4.69, 9.17) is 9.47 Å². The standard InChI is InChI=1S/C22H32N2O4/c1-27-18-6-7-19(20(12-18)28-2)21(26)23-10-8-22(9-11-23)15-24(13-16(22)14-25)17-4-3-5-17/h6-7,12,16-17,25H,3-5,8-11,13-15H2,1-2H3. The lowest BCUT2D eigenvalue weighted by Crippen LogP contribution is -2.47. The molecule has 6 nitrogen and oxygen atoms in total. The van der Waals surface area contributed by atoms with Gasteiger partial charge in [-0.25, -0.2) is 0 Å². The largest absolute Gasteiger partial charge is 0.497 e. The molecule has 2 heterocycles. The number of hydrogen-bond acceptors (Lipinski definition) is 5. The summed E-state index contributed by atoms with van der Waals surface area (Å²) in [5.74, 6) is 1.58. The van der Waals surface area contributed by atoms with E-state index in [-0.39, 0.29) is 17.9 Å². The zero-order chi connectivity index (χ0) is 19.7. The fourth-order valence-electron chi connectivity index (χ4n) is 5.22. The molecule has 1 aliphatic carbocycles. The van der Waals surface area contributed by atoms with Crippen LogP contribution in [0.5, 0.6) is 11.5 Å². The van der Waals surface area contributed by atoms with Crippen LogP contribution in [0.3, 0.4) is 0 Å². The molecule has 0 bridgehead atoms. The van der Waals surface area contributed by atoms with Crippen molar-refractivity contribution in [2.75, 3.05) is 47.0 Å². The van der Waals surface area contributed by atoms with Gasteiger partial charge in [-0.05, 0) is 43.2 Å². The highest BCUT2D eigenvalue weighted by Crippen LogP contribution is 2.47. The molecule has 1 atom stereocenters. The molecule has 1 saturated carbocycles. The highest BCUT2D eigenvalue weighted by Gasteiger charge is 2.50. The first-order valence-electron chi connectivity index (χ1n) is 10.5. The van der Waals surface area contributed by atoms with Crippen molar-refractivity contribution < 1.29 is 19.4 Å². The summed E-state index contributed by atoms with van der Waals surface area (Å²) in [6.07, 6.45) is 5.87. The molecule has 3 fully saturated rings. The Hall–Kier alpha value is -1.79. The van der Waals surface area contributed by atoms with Gasteiger partial charge in [-0.2, -0.15) is 0 Å². The molecule has 4 rings (SSSR count). The Kier molecular flexibility index (Phi) is 5.52. The van der Waals surface area contributed by atoms with E-state index in [0.29, 0.717) is 23.0 Å². The van der Waals surface area contributed by atoms with Crippen LogP contribution in [-0.4, -0.2) is 73.9 Å². The van der Waals surface area contributed by atoms with Gasteiger partial charge < -0.3 is 19.5 Å². The fraction of sp³-hybridized carbons (Fsp3) is 0.682. The van der Waals surface area contributed by atoms with Gasteiger partial charge in [0.25, 0.3) is 5.91 Å². The number of hydrogen-bond donors (Lipinski definition) is 1. The van der Waals surface area contributed by atoms with Crippen LogP contribution in [-0.2, 0) is 0 Å². The average Bonchev–Trinajstić information content (AvgIpc) is 3.03. The topological polar surface area (TPSA) is 62.2 Å². The summed E-state index contributed by atoms with van der Waals surface area (Å²) < 4.78 is 10.7. The third-order valence-corrected chi connectivity index (χ3v) is 7.34. The Labute approximate surface area is 167 Å². The van der Waals surface area contributed by atoms with E-state index >= 15 is 0 Å². The number of aliphatic hydroxyl groups is 1. The second-order valence-electron chi connectivity index (χ2n) is 8.61. The van der Waals surface area contributed by atoms with Crippen LogP contribution < -0.4 is 9.47 Å². The molecule has 154 valence electrons. The van der Waals surface area contributed by atoms with E-state index in [1.54, 1.807) is 32.4 Å². The summed E-state index contributed by atoms with van der Waals surface area (Å²) in [5, 5.41) is 10.0. The number of amides is 1. The third-order valence-electron chi connectivity index (χ3n) is 7.34. The maximum atomic E-state index is 13.1. The Morgan fingerprint density at radius 2 is 1.96 bits per heavy atom. The summed E-state index contributed by atoms with van der Waals surface area (Å²) in [5.41, 5.74) is 0.742. The minimum absolute atomic E-state index is 0.0174. The van der Waals surface area contributed by atoms with Crippen molar-refractivity contribution in [2.24, 2.45) is 11.3 Å². The van der Waals surface area contributed by atoms with E-state index < -0.39 is 0 Å². The van der Waals surface area contributed by atoms with Crippen molar-refractivity contribution >= 4 is 5.91 Å². The van der Waals surface area contributed by atoms with Crippen LogP contribution in [0.1, 0.15) is 42.5 Å². The van der Waals surface area contributed by atoms with Gasteiger partial charge in [0.2, 0.25) is 0 Å². The molecule has 2 saturated heterocycles. The van der Waals surface area contributed by atoms with Crippen molar-refractivity contribution in [3.8, 4) is 11.5 Å². The van der Waals surface area contributed by atoms with Crippen molar-refractivity contribution in [2.45, 2.75) is 38.1 Å². The van der Waals surface area contributed by atoms with Crippen molar-refractivity contribution in [3.63, 3.8) is 0 Å². The second-order valence-corrected chi connectivity index (χ2v) is 8.61. The smallest absolute Gasteiger partial charge is 0.257 e. The number of benzene rings is 1. The number of nitrogens with zero attached hydrogens (tertiary/aromatic N) is 2. The highest BCUT2D eigenvalue weighted by molar-refractivity contribution is 5.97.